The van der Waals surface area contributed by atoms with Gasteiger partial charge in [-0.25, -0.2) is 0 Å². The van der Waals surface area contributed by atoms with Crippen LogP contribution in [0.25, 0.3) is 0 Å². The van der Waals surface area contributed by atoms with E-state index < -0.39 is 6.04 Å². The predicted molar refractivity (Wildman–Crippen MR) is 89.5 cm³/mol. The summed E-state index contributed by atoms with van der Waals surface area (Å²) in [6.07, 6.45) is 3.47. The van der Waals surface area contributed by atoms with Gasteiger partial charge in [0.25, 0.3) is 0 Å². The van der Waals surface area contributed by atoms with Crippen molar-refractivity contribution < 1.29 is 14.4 Å². The van der Waals surface area contributed by atoms with Crippen LogP contribution in [0.5, 0.6) is 0 Å². The Morgan fingerprint density at radius 3 is 2.39 bits per heavy atom. The lowest BCUT2D eigenvalue weighted by Gasteiger charge is -2.22. The van der Waals surface area contributed by atoms with Crippen LogP contribution in [-0.4, -0.2) is 28.7 Å². The van der Waals surface area contributed by atoms with Crippen molar-refractivity contribution in [3.05, 3.63) is 28.7 Å². The summed E-state index contributed by atoms with van der Waals surface area (Å²) in [6.45, 7) is 1.61. The second-order valence-corrected chi connectivity index (χ2v) is 7.14. The molecule has 3 atom stereocenters. The molecular formula is C17H19BrN2O3. The molecule has 2 aliphatic rings. The average Bonchev–Trinajstić information content (AvgIpc) is 2.79. The summed E-state index contributed by atoms with van der Waals surface area (Å²) >= 11 is 3.35. The molecule has 0 radical (unpaired) electrons. The highest BCUT2D eigenvalue weighted by atomic mass is 79.9. The quantitative estimate of drug-likeness (QED) is 0.822. The smallest absolute Gasteiger partial charge is 0.247 e. The lowest BCUT2D eigenvalue weighted by atomic mass is 9.81. The summed E-state index contributed by atoms with van der Waals surface area (Å²) < 4.78 is 0.849. The van der Waals surface area contributed by atoms with Crippen molar-refractivity contribution in [2.45, 2.75) is 38.6 Å². The minimum Gasteiger partial charge on any atom is -0.324 e. The van der Waals surface area contributed by atoms with Gasteiger partial charge < -0.3 is 5.32 Å². The van der Waals surface area contributed by atoms with Gasteiger partial charge in [0.2, 0.25) is 17.7 Å². The Labute approximate surface area is 143 Å². The number of rotatable bonds is 3. The van der Waals surface area contributed by atoms with Gasteiger partial charge in [0.05, 0.1) is 11.8 Å². The number of anilines is 1. The number of carbonyl (C=O) groups is 3. The maximum Gasteiger partial charge on any atom is 0.247 e. The van der Waals surface area contributed by atoms with E-state index in [1.807, 2.05) is 12.1 Å². The first kappa shape index (κ1) is 16.2. The van der Waals surface area contributed by atoms with E-state index in [1.54, 1.807) is 19.1 Å². The van der Waals surface area contributed by atoms with Crippen LogP contribution in [0.3, 0.4) is 0 Å². The number of imide groups is 1. The van der Waals surface area contributed by atoms with Gasteiger partial charge in [-0.05, 0) is 38.0 Å². The van der Waals surface area contributed by atoms with E-state index in [-0.39, 0.29) is 29.6 Å². The molecule has 1 N–H and O–H groups in total. The van der Waals surface area contributed by atoms with E-state index in [0.29, 0.717) is 5.69 Å². The average molecular weight is 379 g/mol. The molecule has 2 unspecified atom stereocenters. The minimum atomic E-state index is -0.792. The van der Waals surface area contributed by atoms with Crippen LogP contribution < -0.4 is 5.32 Å². The van der Waals surface area contributed by atoms with E-state index in [0.717, 1.165) is 30.2 Å². The number of halogens is 1. The fraction of sp³-hybridized carbons (Fsp3) is 0.471. The predicted octanol–water partition coefficient (Wildman–Crippen LogP) is 2.95. The maximum absolute atomic E-state index is 12.5. The summed E-state index contributed by atoms with van der Waals surface area (Å²) in [6, 6.07) is 6.42. The van der Waals surface area contributed by atoms with Gasteiger partial charge in [-0.2, -0.15) is 0 Å². The molecule has 1 aromatic rings. The molecule has 3 amide bonds. The van der Waals surface area contributed by atoms with Crippen LogP contribution in [0.4, 0.5) is 5.69 Å². The molecule has 1 saturated carbocycles. The molecule has 0 aromatic heterocycles. The van der Waals surface area contributed by atoms with Crippen LogP contribution >= 0.6 is 15.9 Å². The molecule has 0 bridgehead atoms. The van der Waals surface area contributed by atoms with E-state index >= 15 is 0 Å². The molecule has 2 fully saturated rings. The lowest BCUT2D eigenvalue weighted by molar-refractivity contribution is -0.146. The molecule has 23 heavy (non-hydrogen) atoms. The summed E-state index contributed by atoms with van der Waals surface area (Å²) in [4.78, 5) is 38.6. The molecule has 1 saturated heterocycles. The molecule has 1 aliphatic heterocycles. The highest BCUT2D eigenvalue weighted by Crippen LogP contribution is 2.38. The second kappa shape index (κ2) is 6.43. The van der Waals surface area contributed by atoms with Crippen molar-refractivity contribution in [3.63, 3.8) is 0 Å². The zero-order chi connectivity index (χ0) is 16.6. The molecule has 122 valence electrons. The minimum absolute atomic E-state index is 0.184. The number of nitrogens with one attached hydrogen (secondary N) is 1. The molecule has 3 rings (SSSR count). The van der Waals surface area contributed by atoms with Gasteiger partial charge in [-0.3, -0.25) is 19.3 Å². The third-order valence-corrected chi connectivity index (χ3v) is 5.23. The van der Waals surface area contributed by atoms with Gasteiger partial charge in [0.15, 0.2) is 0 Å². The Kier molecular flexibility index (Phi) is 4.53. The van der Waals surface area contributed by atoms with Crippen molar-refractivity contribution in [2.75, 3.05) is 5.32 Å². The SMILES string of the molecule is C[C@@H](C(=O)Nc1cccc(Br)c1)N1C(=O)C2CCCCC2C1=O. The van der Waals surface area contributed by atoms with Crippen molar-refractivity contribution in [3.8, 4) is 0 Å². The summed E-state index contributed by atoms with van der Waals surface area (Å²) in [7, 11) is 0. The van der Waals surface area contributed by atoms with Crippen LogP contribution in [0.15, 0.2) is 28.7 Å². The molecule has 6 heteroatoms. The molecular weight excluding hydrogens is 360 g/mol. The number of hydrogen-bond acceptors (Lipinski definition) is 3. The zero-order valence-corrected chi connectivity index (χ0v) is 14.5. The van der Waals surface area contributed by atoms with E-state index in [2.05, 4.69) is 21.2 Å². The highest BCUT2D eigenvalue weighted by molar-refractivity contribution is 9.10. The fourth-order valence-electron chi connectivity index (χ4n) is 3.50. The first-order valence-corrected chi connectivity index (χ1v) is 8.71. The first-order valence-electron chi connectivity index (χ1n) is 7.92. The fourth-order valence-corrected chi connectivity index (χ4v) is 3.90. The number of nitrogens with zero attached hydrogens (tertiary/aromatic N) is 1. The van der Waals surface area contributed by atoms with Gasteiger partial charge in [0.1, 0.15) is 6.04 Å². The zero-order valence-electron chi connectivity index (χ0n) is 12.9. The third-order valence-electron chi connectivity index (χ3n) is 4.73. The van der Waals surface area contributed by atoms with Gasteiger partial charge >= 0.3 is 0 Å². The van der Waals surface area contributed by atoms with Gasteiger partial charge in [-0.15, -0.1) is 0 Å². The van der Waals surface area contributed by atoms with Crippen molar-refractivity contribution in [1.29, 1.82) is 0 Å². The number of amides is 3. The van der Waals surface area contributed by atoms with Crippen molar-refractivity contribution in [1.82, 2.24) is 4.90 Å². The Balaban J connectivity index is 1.74. The highest BCUT2D eigenvalue weighted by Gasteiger charge is 2.50. The number of benzene rings is 1. The van der Waals surface area contributed by atoms with Crippen LogP contribution in [-0.2, 0) is 14.4 Å². The monoisotopic (exact) mass is 378 g/mol. The number of carbonyl (C=O) groups excluding carboxylic acids is 3. The van der Waals surface area contributed by atoms with Gasteiger partial charge in [-0.1, -0.05) is 34.8 Å². The number of hydrogen-bond donors (Lipinski definition) is 1. The van der Waals surface area contributed by atoms with Crippen LogP contribution in [0, 0.1) is 11.8 Å². The third kappa shape index (κ3) is 3.04. The number of likely N-dealkylation sites (tertiary alicyclic amines) is 1. The molecule has 1 aromatic carbocycles. The van der Waals surface area contributed by atoms with Crippen LogP contribution in [0.1, 0.15) is 32.6 Å². The van der Waals surface area contributed by atoms with Crippen molar-refractivity contribution >= 4 is 39.3 Å². The maximum atomic E-state index is 12.5. The second-order valence-electron chi connectivity index (χ2n) is 6.22. The molecule has 0 spiro atoms. The Morgan fingerprint density at radius 2 is 1.83 bits per heavy atom. The number of fused-ring (bicyclic) bond motifs is 1. The summed E-state index contributed by atoms with van der Waals surface area (Å²) in [5.74, 6) is -1.16. The topological polar surface area (TPSA) is 66.5 Å². The van der Waals surface area contributed by atoms with E-state index in [9.17, 15) is 14.4 Å². The van der Waals surface area contributed by atoms with Crippen LogP contribution in [0.2, 0.25) is 0 Å². The van der Waals surface area contributed by atoms with Crippen molar-refractivity contribution in [2.24, 2.45) is 11.8 Å². The Morgan fingerprint density at radius 1 is 1.22 bits per heavy atom. The molecule has 1 aliphatic carbocycles. The lowest BCUT2D eigenvalue weighted by Crippen LogP contribution is -2.46. The largest absolute Gasteiger partial charge is 0.324 e. The summed E-state index contributed by atoms with van der Waals surface area (Å²) in [5.41, 5.74) is 0.632. The Bertz CT molecular complexity index is 637. The molecule has 5 nitrogen and oxygen atoms in total. The first-order chi connectivity index (χ1) is 11.0. The van der Waals surface area contributed by atoms with Gasteiger partial charge in [0, 0.05) is 10.2 Å². The Hall–Kier alpha value is -1.69. The van der Waals surface area contributed by atoms with E-state index in [4.69, 9.17) is 0 Å². The normalized spacial score (nSPS) is 25.2. The van der Waals surface area contributed by atoms with E-state index in [1.165, 1.54) is 4.90 Å². The molecule has 1 heterocycles. The summed E-state index contributed by atoms with van der Waals surface area (Å²) in [5, 5.41) is 2.77. The standard InChI is InChI=1S/C17H19BrN2O3/c1-10(15(21)19-12-6-4-5-11(18)9-12)20-16(22)13-7-2-3-8-14(13)17(20)23/h4-6,9-10,13-14H,2-3,7-8H2,1H3,(H,19,21)/t10-,13?,14?/m0/s1.